The second-order valence-corrected chi connectivity index (χ2v) is 5.39. The molecule has 3 N–H and O–H groups in total. The molecule has 1 atom stereocenters. The highest BCUT2D eigenvalue weighted by atomic mass is 35.5. The van der Waals surface area contributed by atoms with Crippen molar-refractivity contribution in [3.05, 3.63) is 34.6 Å². The third-order valence-electron chi connectivity index (χ3n) is 3.09. The molecule has 0 spiro atoms. The van der Waals surface area contributed by atoms with Gasteiger partial charge in [0.1, 0.15) is 5.82 Å². The van der Waals surface area contributed by atoms with Crippen LogP contribution in [0.1, 0.15) is 32.3 Å². The normalized spacial score (nSPS) is 11.6. The van der Waals surface area contributed by atoms with E-state index in [1.54, 1.807) is 6.07 Å². The molecular weight excluding hydrogens is 309 g/mol. The number of urea groups is 1. The van der Waals surface area contributed by atoms with E-state index in [0.717, 1.165) is 6.42 Å². The van der Waals surface area contributed by atoms with Gasteiger partial charge in [-0.15, -0.1) is 0 Å². The molecule has 1 aromatic rings. The second-order valence-electron chi connectivity index (χ2n) is 4.98. The maximum atomic E-state index is 13.0. The fraction of sp³-hybridized carbons (Fsp3) is 0.467. The number of amides is 3. The zero-order valence-corrected chi connectivity index (χ0v) is 13.5. The van der Waals surface area contributed by atoms with Crippen molar-refractivity contribution in [3.63, 3.8) is 0 Å². The minimum Gasteiger partial charge on any atom is -0.354 e. The Labute approximate surface area is 134 Å². The lowest BCUT2D eigenvalue weighted by Gasteiger charge is -2.12. The number of carbonyl (C=O) groups excluding carboxylic acids is 2. The molecule has 0 fully saturated rings. The molecule has 7 heteroatoms. The minimum absolute atomic E-state index is 0.0152. The first kappa shape index (κ1) is 18.2. The molecule has 0 saturated heterocycles. The summed E-state index contributed by atoms with van der Waals surface area (Å²) in [5, 5.41) is 8.02. The first-order valence-corrected chi connectivity index (χ1v) is 7.55. The monoisotopic (exact) mass is 329 g/mol. The van der Waals surface area contributed by atoms with Gasteiger partial charge in [-0.05, 0) is 31.0 Å². The molecule has 0 radical (unpaired) electrons. The summed E-state index contributed by atoms with van der Waals surface area (Å²) < 4.78 is 13.0. The van der Waals surface area contributed by atoms with Crippen molar-refractivity contribution in [1.82, 2.24) is 16.0 Å². The molecule has 0 aliphatic carbocycles. The van der Waals surface area contributed by atoms with E-state index < -0.39 is 11.8 Å². The SMILES string of the molecule is CCC(C)NC(=O)CCNC(=O)NCc1ccc(F)c(Cl)c1. The molecule has 0 bridgehead atoms. The molecular formula is C15H21ClFN3O2. The summed E-state index contributed by atoms with van der Waals surface area (Å²) in [5.41, 5.74) is 0.691. The van der Waals surface area contributed by atoms with E-state index in [1.807, 2.05) is 13.8 Å². The molecule has 0 saturated carbocycles. The molecule has 0 aromatic heterocycles. The van der Waals surface area contributed by atoms with Crippen LogP contribution >= 0.6 is 11.6 Å². The molecule has 0 heterocycles. The average Bonchev–Trinajstić information content (AvgIpc) is 2.48. The number of nitrogens with one attached hydrogen (secondary N) is 3. The number of halogens is 2. The standard InChI is InChI=1S/C15H21ClFN3O2/c1-3-10(2)20-14(21)6-7-18-15(22)19-9-11-4-5-13(17)12(16)8-11/h4-5,8,10H,3,6-7,9H2,1-2H3,(H,20,21)(H2,18,19,22). The van der Waals surface area contributed by atoms with Gasteiger partial charge in [0.15, 0.2) is 0 Å². The Morgan fingerprint density at radius 2 is 2.05 bits per heavy atom. The highest BCUT2D eigenvalue weighted by Crippen LogP contribution is 2.15. The molecule has 1 aromatic carbocycles. The van der Waals surface area contributed by atoms with E-state index in [9.17, 15) is 14.0 Å². The predicted octanol–water partition coefficient (Wildman–Crippen LogP) is 2.58. The molecule has 3 amide bonds. The highest BCUT2D eigenvalue weighted by molar-refractivity contribution is 6.30. The summed E-state index contributed by atoms with van der Waals surface area (Å²) >= 11 is 5.65. The third-order valence-corrected chi connectivity index (χ3v) is 3.38. The van der Waals surface area contributed by atoms with Crippen molar-refractivity contribution >= 4 is 23.5 Å². The molecule has 22 heavy (non-hydrogen) atoms. The summed E-state index contributed by atoms with van der Waals surface area (Å²) in [5.74, 6) is -0.595. The minimum atomic E-state index is -0.498. The number of carbonyl (C=O) groups is 2. The van der Waals surface area contributed by atoms with Crippen molar-refractivity contribution in [1.29, 1.82) is 0 Å². The van der Waals surface area contributed by atoms with Crippen molar-refractivity contribution in [3.8, 4) is 0 Å². The summed E-state index contributed by atoms with van der Waals surface area (Å²) in [6.45, 7) is 4.38. The molecule has 122 valence electrons. The van der Waals surface area contributed by atoms with Crippen LogP contribution in [-0.4, -0.2) is 24.5 Å². The first-order valence-electron chi connectivity index (χ1n) is 7.17. The Balaban J connectivity index is 2.23. The molecule has 1 rings (SSSR count). The van der Waals surface area contributed by atoms with E-state index in [4.69, 9.17) is 11.6 Å². The number of hydrogen-bond acceptors (Lipinski definition) is 2. The van der Waals surface area contributed by atoms with Gasteiger partial charge in [0, 0.05) is 25.6 Å². The second kappa shape index (κ2) is 9.25. The lowest BCUT2D eigenvalue weighted by Crippen LogP contribution is -2.38. The van der Waals surface area contributed by atoms with Gasteiger partial charge in [-0.2, -0.15) is 0 Å². The van der Waals surface area contributed by atoms with E-state index in [-0.39, 0.29) is 36.5 Å². The van der Waals surface area contributed by atoms with Crippen LogP contribution in [0.15, 0.2) is 18.2 Å². The van der Waals surface area contributed by atoms with Gasteiger partial charge in [0.25, 0.3) is 0 Å². The fourth-order valence-electron chi connectivity index (χ4n) is 1.63. The molecule has 0 aliphatic rings. The van der Waals surface area contributed by atoms with Crippen molar-refractivity contribution in [2.45, 2.75) is 39.3 Å². The zero-order chi connectivity index (χ0) is 16.5. The third kappa shape index (κ3) is 6.76. The highest BCUT2D eigenvalue weighted by Gasteiger charge is 2.07. The Morgan fingerprint density at radius 3 is 2.68 bits per heavy atom. The van der Waals surface area contributed by atoms with Gasteiger partial charge in [-0.1, -0.05) is 24.6 Å². The predicted molar refractivity (Wildman–Crippen MR) is 84.2 cm³/mol. The summed E-state index contributed by atoms with van der Waals surface area (Å²) in [7, 11) is 0. The lowest BCUT2D eigenvalue weighted by atomic mass is 10.2. The maximum Gasteiger partial charge on any atom is 0.315 e. The van der Waals surface area contributed by atoms with Crippen molar-refractivity contribution in [2.75, 3.05) is 6.54 Å². The summed E-state index contributed by atoms with van der Waals surface area (Å²) in [6, 6.07) is 3.98. The van der Waals surface area contributed by atoms with Gasteiger partial charge in [0.2, 0.25) is 5.91 Å². The fourth-order valence-corrected chi connectivity index (χ4v) is 1.84. The van der Waals surface area contributed by atoms with Crippen LogP contribution in [0.4, 0.5) is 9.18 Å². The van der Waals surface area contributed by atoms with Gasteiger partial charge < -0.3 is 16.0 Å². The molecule has 1 unspecified atom stereocenters. The van der Waals surface area contributed by atoms with E-state index >= 15 is 0 Å². The largest absolute Gasteiger partial charge is 0.354 e. The van der Waals surface area contributed by atoms with E-state index in [1.165, 1.54) is 12.1 Å². The van der Waals surface area contributed by atoms with Crippen LogP contribution in [0.25, 0.3) is 0 Å². The zero-order valence-electron chi connectivity index (χ0n) is 12.7. The average molecular weight is 330 g/mol. The van der Waals surface area contributed by atoms with Crippen LogP contribution in [0.3, 0.4) is 0 Å². The van der Waals surface area contributed by atoms with Crippen LogP contribution < -0.4 is 16.0 Å². The number of rotatable bonds is 7. The van der Waals surface area contributed by atoms with Crippen LogP contribution in [0.5, 0.6) is 0 Å². The molecule has 0 aliphatic heterocycles. The Bertz CT molecular complexity index is 526. The Morgan fingerprint density at radius 1 is 1.32 bits per heavy atom. The van der Waals surface area contributed by atoms with Gasteiger partial charge >= 0.3 is 6.03 Å². The van der Waals surface area contributed by atoms with Gasteiger partial charge in [-0.25, -0.2) is 9.18 Å². The number of benzene rings is 1. The molecule has 5 nitrogen and oxygen atoms in total. The lowest BCUT2D eigenvalue weighted by molar-refractivity contribution is -0.121. The van der Waals surface area contributed by atoms with Crippen molar-refractivity contribution in [2.24, 2.45) is 0 Å². The smallest absolute Gasteiger partial charge is 0.315 e. The number of hydrogen-bond donors (Lipinski definition) is 3. The quantitative estimate of drug-likeness (QED) is 0.719. The van der Waals surface area contributed by atoms with Crippen LogP contribution in [0.2, 0.25) is 5.02 Å². The topological polar surface area (TPSA) is 70.2 Å². The first-order chi connectivity index (χ1) is 10.4. The Hall–Kier alpha value is -1.82. The summed E-state index contributed by atoms with van der Waals surface area (Å²) in [4.78, 5) is 23.1. The summed E-state index contributed by atoms with van der Waals surface area (Å²) in [6.07, 6.45) is 1.08. The van der Waals surface area contributed by atoms with E-state index in [0.29, 0.717) is 5.56 Å². The van der Waals surface area contributed by atoms with Gasteiger partial charge in [0.05, 0.1) is 5.02 Å². The van der Waals surface area contributed by atoms with Crippen LogP contribution in [0, 0.1) is 5.82 Å². The maximum absolute atomic E-state index is 13.0. The van der Waals surface area contributed by atoms with Gasteiger partial charge in [-0.3, -0.25) is 4.79 Å². The Kier molecular flexibility index (Phi) is 7.66. The van der Waals surface area contributed by atoms with E-state index in [2.05, 4.69) is 16.0 Å². The van der Waals surface area contributed by atoms with Crippen LogP contribution in [-0.2, 0) is 11.3 Å². The van der Waals surface area contributed by atoms with Crippen molar-refractivity contribution < 1.29 is 14.0 Å².